The molecule has 1 unspecified atom stereocenters. The van der Waals surface area contributed by atoms with Gasteiger partial charge in [-0.15, -0.1) is 0 Å². The topological polar surface area (TPSA) is 50.3 Å². The molecule has 1 aliphatic rings. The molecule has 1 aliphatic heterocycles. The van der Waals surface area contributed by atoms with Gasteiger partial charge in [-0.2, -0.15) is 0 Å². The summed E-state index contributed by atoms with van der Waals surface area (Å²) in [6.07, 6.45) is 4.16. The van der Waals surface area contributed by atoms with E-state index in [1.807, 2.05) is 48.5 Å². The summed E-state index contributed by atoms with van der Waals surface area (Å²) in [7, 11) is 0. The summed E-state index contributed by atoms with van der Waals surface area (Å²) in [6.45, 7) is 1.05. The SMILES string of the molecule is O=C(c1ccc(-c2ccccc2)c(F)c1)C1CCCN(C(=O)CCc2ccccn2)C1. The van der Waals surface area contributed by atoms with Crippen LogP contribution in [0.2, 0.25) is 0 Å². The number of aryl methyl sites for hydroxylation is 1. The number of amides is 1. The Morgan fingerprint density at radius 3 is 2.58 bits per heavy atom. The van der Waals surface area contributed by atoms with Crippen molar-refractivity contribution >= 4 is 11.7 Å². The summed E-state index contributed by atoms with van der Waals surface area (Å²) < 4.78 is 14.7. The van der Waals surface area contributed by atoms with Gasteiger partial charge < -0.3 is 4.90 Å². The van der Waals surface area contributed by atoms with Crippen LogP contribution in [0, 0.1) is 11.7 Å². The van der Waals surface area contributed by atoms with Gasteiger partial charge in [-0.3, -0.25) is 14.6 Å². The number of hydrogen-bond acceptors (Lipinski definition) is 3. The van der Waals surface area contributed by atoms with Crippen LogP contribution in [0.4, 0.5) is 4.39 Å². The Kier molecular flexibility index (Phi) is 6.51. The zero-order chi connectivity index (χ0) is 21.6. The van der Waals surface area contributed by atoms with E-state index in [0.717, 1.165) is 17.7 Å². The van der Waals surface area contributed by atoms with Gasteiger partial charge in [-0.05, 0) is 43.0 Å². The van der Waals surface area contributed by atoms with E-state index in [4.69, 9.17) is 0 Å². The Hall–Kier alpha value is -3.34. The van der Waals surface area contributed by atoms with E-state index in [2.05, 4.69) is 4.98 Å². The van der Waals surface area contributed by atoms with E-state index in [9.17, 15) is 14.0 Å². The Labute approximate surface area is 181 Å². The van der Waals surface area contributed by atoms with Crippen LogP contribution in [-0.4, -0.2) is 34.7 Å². The molecule has 0 aliphatic carbocycles. The number of nitrogens with zero attached hydrogens (tertiary/aromatic N) is 2. The maximum atomic E-state index is 14.7. The lowest BCUT2D eigenvalue weighted by atomic mass is 9.89. The smallest absolute Gasteiger partial charge is 0.222 e. The lowest BCUT2D eigenvalue weighted by Crippen LogP contribution is -2.42. The van der Waals surface area contributed by atoms with Gasteiger partial charge in [0.05, 0.1) is 0 Å². The first kappa shape index (κ1) is 20.9. The molecular formula is C26H25FN2O2. The number of rotatable bonds is 6. The molecule has 2 heterocycles. The van der Waals surface area contributed by atoms with Crippen LogP contribution in [0.3, 0.4) is 0 Å². The van der Waals surface area contributed by atoms with Crippen LogP contribution < -0.4 is 0 Å². The zero-order valence-electron chi connectivity index (χ0n) is 17.3. The van der Waals surface area contributed by atoms with Gasteiger partial charge in [0.15, 0.2) is 5.78 Å². The molecule has 31 heavy (non-hydrogen) atoms. The number of halogens is 1. The number of carbonyl (C=O) groups is 2. The minimum atomic E-state index is -0.406. The molecule has 0 radical (unpaired) electrons. The van der Waals surface area contributed by atoms with Crippen LogP contribution >= 0.6 is 0 Å². The summed E-state index contributed by atoms with van der Waals surface area (Å²) in [5.41, 5.74) is 2.51. The first-order valence-electron chi connectivity index (χ1n) is 10.7. The highest BCUT2D eigenvalue weighted by Crippen LogP contribution is 2.26. The molecule has 1 aromatic heterocycles. The van der Waals surface area contributed by atoms with E-state index in [-0.39, 0.29) is 17.6 Å². The van der Waals surface area contributed by atoms with Gasteiger partial charge in [-0.25, -0.2) is 4.39 Å². The predicted octanol–water partition coefficient (Wildman–Crippen LogP) is 4.94. The highest BCUT2D eigenvalue weighted by molar-refractivity contribution is 5.98. The van der Waals surface area contributed by atoms with Crippen molar-refractivity contribution in [3.63, 3.8) is 0 Å². The predicted molar refractivity (Wildman–Crippen MR) is 118 cm³/mol. The fourth-order valence-electron chi connectivity index (χ4n) is 4.11. The van der Waals surface area contributed by atoms with Crippen LogP contribution in [0.25, 0.3) is 11.1 Å². The Balaban J connectivity index is 1.40. The van der Waals surface area contributed by atoms with Gasteiger partial charge in [-0.1, -0.05) is 48.5 Å². The number of pyridine rings is 1. The molecule has 158 valence electrons. The van der Waals surface area contributed by atoms with Crippen molar-refractivity contribution < 1.29 is 14.0 Å². The molecule has 1 amide bonds. The molecule has 1 atom stereocenters. The maximum Gasteiger partial charge on any atom is 0.222 e. The minimum Gasteiger partial charge on any atom is -0.342 e. The summed E-state index contributed by atoms with van der Waals surface area (Å²) in [5.74, 6) is -0.764. The molecule has 0 spiro atoms. The quantitative estimate of drug-likeness (QED) is 0.535. The van der Waals surface area contributed by atoms with Gasteiger partial charge in [0, 0.05) is 48.4 Å². The van der Waals surface area contributed by atoms with Crippen LogP contribution in [0.5, 0.6) is 0 Å². The van der Waals surface area contributed by atoms with Crippen molar-refractivity contribution in [2.45, 2.75) is 25.7 Å². The lowest BCUT2D eigenvalue weighted by Gasteiger charge is -2.32. The van der Waals surface area contributed by atoms with Gasteiger partial charge in [0.25, 0.3) is 0 Å². The highest BCUT2D eigenvalue weighted by atomic mass is 19.1. The summed E-state index contributed by atoms with van der Waals surface area (Å²) in [5, 5.41) is 0. The Bertz CT molecular complexity index is 1050. The second-order valence-corrected chi connectivity index (χ2v) is 7.92. The van der Waals surface area contributed by atoms with E-state index >= 15 is 0 Å². The van der Waals surface area contributed by atoms with E-state index in [0.29, 0.717) is 43.5 Å². The number of ketones is 1. The number of hydrogen-bond donors (Lipinski definition) is 0. The van der Waals surface area contributed by atoms with Crippen molar-refractivity contribution in [2.75, 3.05) is 13.1 Å². The second-order valence-electron chi connectivity index (χ2n) is 7.92. The third-order valence-electron chi connectivity index (χ3n) is 5.80. The molecule has 3 aromatic rings. The highest BCUT2D eigenvalue weighted by Gasteiger charge is 2.29. The van der Waals surface area contributed by atoms with Crippen molar-refractivity contribution in [2.24, 2.45) is 5.92 Å². The first-order valence-corrected chi connectivity index (χ1v) is 10.7. The number of likely N-dealkylation sites (tertiary alicyclic amines) is 1. The molecule has 4 rings (SSSR count). The van der Waals surface area contributed by atoms with Gasteiger partial charge in [0.1, 0.15) is 5.82 Å². The van der Waals surface area contributed by atoms with Crippen molar-refractivity contribution in [3.05, 3.63) is 90.0 Å². The molecular weight excluding hydrogens is 391 g/mol. The molecule has 0 bridgehead atoms. The molecule has 2 aromatic carbocycles. The minimum absolute atomic E-state index is 0.0359. The molecule has 5 heteroatoms. The first-order chi connectivity index (χ1) is 15.1. The lowest BCUT2D eigenvalue weighted by molar-refractivity contribution is -0.132. The monoisotopic (exact) mass is 416 g/mol. The molecule has 0 saturated carbocycles. The molecule has 1 fully saturated rings. The van der Waals surface area contributed by atoms with Crippen LogP contribution in [0.15, 0.2) is 72.9 Å². The Morgan fingerprint density at radius 1 is 1.03 bits per heavy atom. The van der Waals surface area contributed by atoms with Crippen LogP contribution in [-0.2, 0) is 11.2 Å². The largest absolute Gasteiger partial charge is 0.342 e. The summed E-state index contributed by atoms with van der Waals surface area (Å²) in [6, 6.07) is 19.6. The van der Waals surface area contributed by atoms with Crippen molar-refractivity contribution in [1.29, 1.82) is 0 Å². The molecule has 0 N–H and O–H groups in total. The van der Waals surface area contributed by atoms with Crippen molar-refractivity contribution in [3.8, 4) is 11.1 Å². The van der Waals surface area contributed by atoms with E-state index in [1.54, 1.807) is 23.2 Å². The third kappa shape index (κ3) is 5.05. The summed E-state index contributed by atoms with van der Waals surface area (Å²) >= 11 is 0. The second kappa shape index (κ2) is 9.65. The van der Waals surface area contributed by atoms with Gasteiger partial charge in [0.2, 0.25) is 5.91 Å². The average Bonchev–Trinajstić information content (AvgIpc) is 2.83. The fourth-order valence-corrected chi connectivity index (χ4v) is 4.11. The van der Waals surface area contributed by atoms with Gasteiger partial charge >= 0.3 is 0 Å². The van der Waals surface area contributed by atoms with E-state index in [1.165, 1.54) is 6.07 Å². The van der Waals surface area contributed by atoms with Crippen molar-refractivity contribution in [1.82, 2.24) is 9.88 Å². The molecule has 1 saturated heterocycles. The summed E-state index contributed by atoms with van der Waals surface area (Å²) in [4.78, 5) is 31.7. The number of benzene rings is 2. The molecule has 4 nitrogen and oxygen atoms in total. The third-order valence-corrected chi connectivity index (χ3v) is 5.80. The number of carbonyl (C=O) groups excluding carboxylic acids is 2. The number of aromatic nitrogens is 1. The zero-order valence-corrected chi connectivity index (χ0v) is 17.3. The number of piperidine rings is 1. The van der Waals surface area contributed by atoms with Crippen LogP contribution in [0.1, 0.15) is 35.3 Å². The maximum absolute atomic E-state index is 14.7. The number of Topliss-reactive ketones (excluding diaryl/α,β-unsaturated/α-hetero) is 1. The Morgan fingerprint density at radius 2 is 1.84 bits per heavy atom. The van der Waals surface area contributed by atoms with E-state index < -0.39 is 5.82 Å². The average molecular weight is 416 g/mol. The fraction of sp³-hybridized carbons (Fsp3) is 0.269. The standard InChI is InChI=1S/C26H25FN2O2/c27-24-17-20(11-13-23(24)19-7-2-1-3-8-19)26(31)21-9-6-16-29(18-21)25(30)14-12-22-10-4-5-15-28-22/h1-5,7-8,10-11,13,15,17,21H,6,9,12,14,16,18H2. The normalized spacial score (nSPS) is 16.2.